The molecule has 1 N–H and O–H groups in total. The number of nitrogens with one attached hydrogen (secondary N) is 1. The van der Waals surface area contributed by atoms with Crippen LogP contribution in [0.3, 0.4) is 0 Å². The van der Waals surface area contributed by atoms with E-state index in [0.717, 1.165) is 16.7 Å². The predicted octanol–water partition coefficient (Wildman–Crippen LogP) is 2.85. The van der Waals surface area contributed by atoms with Crippen molar-refractivity contribution in [1.29, 1.82) is 0 Å². The quantitative estimate of drug-likeness (QED) is 0.305. The number of carbonyl (C=O) groups excluding carboxylic acids is 3. The van der Waals surface area contributed by atoms with Crippen molar-refractivity contribution in [1.82, 2.24) is 25.2 Å². The predicted molar refractivity (Wildman–Crippen MR) is 121 cm³/mol. The van der Waals surface area contributed by atoms with Gasteiger partial charge in [0.15, 0.2) is 0 Å². The van der Waals surface area contributed by atoms with Crippen molar-refractivity contribution in [3.05, 3.63) is 68.1 Å². The highest BCUT2D eigenvalue weighted by molar-refractivity contribution is 8.18. The summed E-state index contributed by atoms with van der Waals surface area (Å²) < 4.78 is 1.46. The van der Waals surface area contributed by atoms with E-state index in [1.807, 2.05) is 12.1 Å². The molecule has 0 radical (unpaired) electrons. The minimum absolute atomic E-state index is 0.0212. The number of nitro benzene ring substituents is 1. The summed E-state index contributed by atoms with van der Waals surface area (Å²) in [6, 6.07) is 11.3. The van der Waals surface area contributed by atoms with Crippen LogP contribution in [-0.4, -0.2) is 55.0 Å². The Morgan fingerprint density at radius 2 is 2.03 bits per heavy atom. The highest BCUT2D eigenvalue weighted by Crippen LogP contribution is 2.33. The van der Waals surface area contributed by atoms with E-state index in [1.54, 1.807) is 12.1 Å². The SMILES string of the molecule is O=C(Cn1nnc2ccccc21)NCCN1C(=O)S/C(=C\c2ccc(Cl)c([N+](=O)[O-])c2)C1=O. The van der Waals surface area contributed by atoms with Crippen LogP contribution in [0.1, 0.15) is 5.56 Å². The molecule has 1 aliphatic heterocycles. The first kappa shape index (κ1) is 22.4. The van der Waals surface area contributed by atoms with Crippen molar-refractivity contribution in [3.63, 3.8) is 0 Å². The van der Waals surface area contributed by atoms with Gasteiger partial charge < -0.3 is 5.32 Å². The van der Waals surface area contributed by atoms with Crippen molar-refractivity contribution in [2.45, 2.75) is 6.54 Å². The van der Waals surface area contributed by atoms with E-state index >= 15 is 0 Å². The molecular formula is C20H15ClN6O5S. The molecule has 1 saturated heterocycles. The molecule has 0 atom stereocenters. The lowest BCUT2D eigenvalue weighted by molar-refractivity contribution is -0.384. The van der Waals surface area contributed by atoms with Crippen LogP contribution >= 0.6 is 23.4 Å². The molecule has 13 heteroatoms. The maximum absolute atomic E-state index is 12.6. The molecule has 2 heterocycles. The number of benzene rings is 2. The highest BCUT2D eigenvalue weighted by Gasteiger charge is 2.34. The van der Waals surface area contributed by atoms with Crippen LogP contribution in [0.15, 0.2) is 47.4 Å². The second-order valence-electron chi connectivity index (χ2n) is 6.89. The van der Waals surface area contributed by atoms with Gasteiger partial charge in [0, 0.05) is 19.2 Å². The molecule has 1 fully saturated rings. The smallest absolute Gasteiger partial charge is 0.293 e. The molecule has 3 aromatic rings. The monoisotopic (exact) mass is 486 g/mol. The zero-order valence-corrected chi connectivity index (χ0v) is 18.4. The number of amides is 3. The molecule has 1 aromatic heterocycles. The lowest BCUT2D eigenvalue weighted by Gasteiger charge is -2.13. The Labute approximate surface area is 195 Å². The fraction of sp³-hybridized carbons (Fsp3) is 0.150. The van der Waals surface area contributed by atoms with E-state index in [9.17, 15) is 24.5 Å². The van der Waals surface area contributed by atoms with E-state index in [4.69, 9.17) is 11.6 Å². The normalized spacial score (nSPS) is 14.9. The van der Waals surface area contributed by atoms with E-state index in [2.05, 4.69) is 15.6 Å². The summed E-state index contributed by atoms with van der Waals surface area (Å²) in [4.78, 5) is 48.6. The van der Waals surface area contributed by atoms with Crippen LogP contribution in [0.2, 0.25) is 5.02 Å². The summed E-state index contributed by atoms with van der Waals surface area (Å²) >= 11 is 6.52. The van der Waals surface area contributed by atoms with Gasteiger partial charge in [-0.15, -0.1) is 5.10 Å². The summed E-state index contributed by atoms with van der Waals surface area (Å²) in [7, 11) is 0. The number of nitro groups is 1. The third kappa shape index (κ3) is 4.86. The Balaban J connectivity index is 1.35. The van der Waals surface area contributed by atoms with Crippen molar-refractivity contribution < 1.29 is 19.3 Å². The number of fused-ring (bicyclic) bond motifs is 1. The van der Waals surface area contributed by atoms with Crippen LogP contribution in [0.4, 0.5) is 10.5 Å². The van der Waals surface area contributed by atoms with Crippen molar-refractivity contribution in [3.8, 4) is 0 Å². The molecule has 0 saturated carbocycles. The van der Waals surface area contributed by atoms with Crippen LogP contribution in [-0.2, 0) is 16.1 Å². The molecule has 0 aliphatic carbocycles. The van der Waals surface area contributed by atoms with E-state index < -0.39 is 16.1 Å². The number of thioether (sulfide) groups is 1. The Kier molecular flexibility index (Phi) is 6.38. The van der Waals surface area contributed by atoms with Gasteiger partial charge in [0.1, 0.15) is 17.1 Å². The zero-order valence-electron chi connectivity index (χ0n) is 16.8. The van der Waals surface area contributed by atoms with E-state index in [0.29, 0.717) is 16.6 Å². The van der Waals surface area contributed by atoms with Crippen LogP contribution < -0.4 is 5.32 Å². The summed E-state index contributed by atoms with van der Waals surface area (Å²) in [6.07, 6.45) is 1.39. The third-order valence-electron chi connectivity index (χ3n) is 4.71. The van der Waals surface area contributed by atoms with Gasteiger partial charge in [-0.25, -0.2) is 4.68 Å². The lowest BCUT2D eigenvalue weighted by atomic mass is 10.2. The fourth-order valence-electron chi connectivity index (χ4n) is 3.14. The van der Waals surface area contributed by atoms with Crippen molar-refractivity contribution >= 4 is 63.2 Å². The molecule has 0 spiro atoms. The molecular weight excluding hydrogens is 472 g/mol. The van der Waals surface area contributed by atoms with Gasteiger partial charge >= 0.3 is 0 Å². The van der Waals surface area contributed by atoms with Crippen LogP contribution in [0.25, 0.3) is 17.1 Å². The topological polar surface area (TPSA) is 140 Å². The number of imide groups is 1. The molecule has 33 heavy (non-hydrogen) atoms. The molecule has 0 unspecified atom stereocenters. The Morgan fingerprint density at radius 3 is 2.82 bits per heavy atom. The number of hydrogen-bond donors (Lipinski definition) is 1. The van der Waals surface area contributed by atoms with Gasteiger partial charge in [-0.1, -0.05) is 35.0 Å². The van der Waals surface area contributed by atoms with Crippen molar-refractivity contribution in [2.24, 2.45) is 0 Å². The first-order chi connectivity index (χ1) is 15.8. The van der Waals surface area contributed by atoms with Gasteiger partial charge in [-0.3, -0.25) is 29.4 Å². The fourth-order valence-corrected chi connectivity index (χ4v) is 4.19. The molecule has 4 rings (SSSR count). The van der Waals surface area contributed by atoms with Gasteiger partial charge in [0.2, 0.25) is 5.91 Å². The Hall–Kier alpha value is -3.77. The molecule has 168 valence electrons. The zero-order chi connectivity index (χ0) is 23.5. The summed E-state index contributed by atoms with van der Waals surface area (Å²) in [6.45, 7) is -0.0204. The molecule has 3 amide bonds. The summed E-state index contributed by atoms with van der Waals surface area (Å²) in [5, 5.41) is 21.1. The molecule has 1 aliphatic rings. The molecule has 2 aromatic carbocycles. The summed E-state index contributed by atoms with van der Waals surface area (Å²) in [5.41, 5.74) is 1.45. The van der Waals surface area contributed by atoms with E-state index in [1.165, 1.54) is 29.0 Å². The van der Waals surface area contributed by atoms with Crippen LogP contribution in [0.5, 0.6) is 0 Å². The average Bonchev–Trinajstić information content (AvgIpc) is 3.30. The maximum atomic E-state index is 12.6. The largest absolute Gasteiger partial charge is 0.353 e. The van der Waals surface area contributed by atoms with Crippen LogP contribution in [0, 0.1) is 10.1 Å². The number of hydrogen-bond acceptors (Lipinski definition) is 8. The first-order valence-corrected chi connectivity index (χ1v) is 10.8. The Morgan fingerprint density at radius 1 is 1.24 bits per heavy atom. The Bertz CT molecular complexity index is 1320. The number of carbonyl (C=O) groups is 3. The van der Waals surface area contributed by atoms with E-state index in [-0.39, 0.29) is 41.2 Å². The molecule has 11 nitrogen and oxygen atoms in total. The number of para-hydroxylation sites is 1. The number of aromatic nitrogens is 3. The van der Waals surface area contributed by atoms with Gasteiger partial charge in [0.25, 0.3) is 16.8 Å². The van der Waals surface area contributed by atoms with Gasteiger partial charge in [0.05, 0.1) is 15.3 Å². The average molecular weight is 487 g/mol. The van der Waals surface area contributed by atoms with Gasteiger partial charge in [-0.2, -0.15) is 0 Å². The maximum Gasteiger partial charge on any atom is 0.293 e. The minimum atomic E-state index is -0.629. The number of halogens is 1. The number of nitrogens with zero attached hydrogens (tertiary/aromatic N) is 5. The number of rotatable bonds is 7. The standard InChI is InChI=1S/C20H15ClN6O5S/c21-13-6-5-12(9-16(13)27(31)32)10-17-19(29)25(20(30)33-17)8-7-22-18(28)11-26-15-4-2-1-3-14(15)23-24-26/h1-6,9-10H,7-8,11H2,(H,22,28)/b17-10-. The highest BCUT2D eigenvalue weighted by atomic mass is 35.5. The third-order valence-corrected chi connectivity index (χ3v) is 5.94. The minimum Gasteiger partial charge on any atom is -0.353 e. The summed E-state index contributed by atoms with van der Waals surface area (Å²) in [5.74, 6) is -0.888. The lowest BCUT2D eigenvalue weighted by Crippen LogP contribution is -2.38. The first-order valence-electron chi connectivity index (χ1n) is 9.58. The second-order valence-corrected chi connectivity index (χ2v) is 8.29. The second kappa shape index (κ2) is 9.38. The van der Waals surface area contributed by atoms with Gasteiger partial charge in [-0.05, 0) is 41.6 Å². The molecule has 0 bridgehead atoms. The van der Waals surface area contributed by atoms with Crippen molar-refractivity contribution in [2.75, 3.05) is 13.1 Å².